The first-order valence-electron chi connectivity index (χ1n) is 10.3. The Balaban J connectivity index is 1.37. The van der Waals surface area contributed by atoms with Crippen LogP contribution in [0, 0.1) is 0 Å². The molecule has 0 fully saturated rings. The molecule has 0 aliphatic carbocycles. The van der Waals surface area contributed by atoms with Crippen LogP contribution in [0.3, 0.4) is 0 Å². The molecule has 156 valence electrons. The van der Waals surface area contributed by atoms with Crippen LogP contribution in [0.2, 0.25) is 0 Å². The molecule has 0 radical (unpaired) electrons. The standard InChI is InChI=1S/C26H23NO4/c28-26(29)21-14-16-22(17-15-21)30-18-8-7-13-23-27-24(19-9-3-1-4-10-19)25(31-23)20-11-5-2-6-12-20/h1-6,9-12,14-17H,7-8,13,18H2,(H,28,29). The molecule has 0 atom stereocenters. The number of carboxylic acids is 1. The monoisotopic (exact) mass is 413 g/mol. The molecular weight excluding hydrogens is 390 g/mol. The van der Waals surface area contributed by atoms with E-state index >= 15 is 0 Å². The second-order valence-corrected chi connectivity index (χ2v) is 7.15. The lowest BCUT2D eigenvalue weighted by Gasteiger charge is -2.05. The number of carbonyl (C=O) groups is 1. The number of benzene rings is 3. The van der Waals surface area contributed by atoms with E-state index in [1.54, 1.807) is 24.3 Å². The lowest BCUT2D eigenvalue weighted by molar-refractivity contribution is 0.0697. The molecule has 0 saturated heterocycles. The van der Waals surface area contributed by atoms with Gasteiger partial charge in [-0.05, 0) is 37.1 Å². The van der Waals surface area contributed by atoms with Crippen LogP contribution in [0.25, 0.3) is 22.6 Å². The molecule has 5 heteroatoms. The number of hydrogen-bond acceptors (Lipinski definition) is 4. The summed E-state index contributed by atoms with van der Waals surface area (Å²) in [5, 5.41) is 8.94. The van der Waals surface area contributed by atoms with Gasteiger partial charge in [-0.2, -0.15) is 0 Å². The Labute approximate surface area is 181 Å². The SMILES string of the molecule is O=C(O)c1ccc(OCCCCc2nc(-c3ccccc3)c(-c3ccccc3)o2)cc1. The number of aromatic carboxylic acids is 1. The molecule has 4 aromatic rings. The van der Waals surface area contributed by atoms with E-state index in [9.17, 15) is 4.79 Å². The van der Waals surface area contributed by atoms with E-state index < -0.39 is 5.97 Å². The van der Waals surface area contributed by atoms with Gasteiger partial charge in [-0.1, -0.05) is 60.7 Å². The predicted octanol–water partition coefficient (Wildman–Crippen LogP) is 6.11. The van der Waals surface area contributed by atoms with Gasteiger partial charge >= 0.3 is 5.97 Å². The second-order valence-electron chi connectivity index (χ2n) is 7.15. The Morgan fingerprint density at radius 1 is 0.839 bits per heavy atom. The third kappa shape index (κ3) is 5.20. The average Bonchev–Trinajstić information content (AvgIpc) is 3.24. The molecule has 0 bridgehead atoms. The van der Waals surface area contributed by atoms with Crippen LogP contribution in [0.4, 0.5) is 0 Å². The number of aryl methyl sites for hydroxylation is 1. The normalized spacial score (nSPS) is 10.7. The van der Waals surface area contributed by atoms with Crippen LogP contribution in [0.1, 0.15) is 29.1 Å². The summed E-state index contributed by atoms with van der Waals surface area (Å²) >= 11 is 0. The minimum Gasteiger partial charge on any atom is -0.494 e. The number of rotatable bonds is 9. The molecule has 0 spiro atoms. The van der Waals surface area contributed by atoms with Crippen LogP contribution in [-0.4, -0.2) is 22.7 Å². The molecule has 1 heterocycles. The molecule has 5 nitrogen and oxygen atoms in total. The van der Waals surface area contributed by atoms with Crippen molar-refractivity contribution in [1.29, 1.82) is 0 Å². The van der Waals surface area contributed by atoms with Crippen molar-refractivity contribution in [2.24, 2.45) is 0 Å². The summed E-state index contributed by atoms with van der Waals surface area (Å²) in [5.41, 5.74) is 3.15. The van der Waals surface area contributed by atoms with E-state index in [1.807, 2.05) is 60.7 Å². The van der Waals surface area contributed by atoms with Gasteiger partial charge in [0.25, 0.3) is 0 Å². The fourth-order valence-corrected chi connectivity index (χ4v) is 3.31. The number of ether oxygens (including phenoxy) is 1. The smallest absolute Gasteiger partial charge is 0.335 e. The highest BCUT2D eigenvalue weighted by Gasteiger charge is 2.16. The first kappa shape index (κ1) is 20.4. The highest BCUT2D eigenvalue weighted by Crippen LogP contribution is 2.32. The van der Waals surface area contributed by atoms with Crippen molar-refractivity contribution in [3.8, 4) is 28.3 Å². The maximum atomic E-state index is 10.9. The topological polar surface area (TPSA) is 72.6 Å². The van der Waals surface area contributed by atoms with Gasteiger partial charge in [0.1, 0.15) is 11.4 Å². The van der Waals surface area contributed by atoms with E-state index in [4.69, 9.17) is 19.2 Å². The fraction of sp³-hybridized carbons (Fsp3) is 0.154. The number of hydrogen-bond donors (Lipinski definition) is 1. The van der Waals surface area contributed by atoms with Crippen molar-refractivity contribution in [2.45, 2.75) is 19.3 Å². The molecule has 0 aliphatic rings. The fourth-order valence-electron chi connectivity index (χ4n) is 3.31. The first-order chi connectivity index (χ1) is 15.2. The van der Waals surface area contributed by atoms with E-state index in [-0.39, 0.29) is 5.56 Å². The Bertz CT molecular complexity index is 1060. The van der Waals surface area contributed by atoms with Gasteiger partial charge in [-0.25, -0.2) is 9.78 Å². The molecular formula is C26H23NO4. The number of carboxylic acid groups (broad SMARTS) is 1. The molecule has 1 aromatic heterocycles. The summed E-state index contributed by atoms with van der Waals surface area (Å²) in [6.07, 6.45) is 2.43. The largest absolute Gasteiger partial charge is 0.494 e. The van der Waals surface area contributed by atoms with Gasteiger partial charge in [0.15, 0.2) is 11.7 Å². The van der Waals surface area contributed by atoms with Gasteiger partial charge < -0.3 is 14.3 Å². The van der Waals surface area contributed by atoms with Crippen LogP contribution in [-0.2, 0) is 6.42 Å². The summed E-state index contributed by atoms with van der Waals surface area (Å²) in [4.78, 5) is 15.7. The third-order valence-corrected chi connectivity index (χ3v) is 4.91. The van der Waals surface area contributed by atoms with Crippen molar-refractivity contribution >= 4 is 5.97 Å². The van der Waals surface area contributed by atoms with Gasteiger partial charge in [-0.15, -0.1) is 0 Å². The predicted molar refractivity (Wildman–Crippen MR) is 119 cm³/mol. The molecule has 1 N–H and O–H groups in total. The number of unbranched alkanes of at least 4 members (excludes halogenated alkanes) is 1. The zero-order valence-electron chi connectivity index (χ0n) is 17.0. The zero-order chi connectivity index (χ0) is 21.5. The summed E-state index contributed by atoms with van der Waals surface area (Å²) in [7, 11) is 0. The minimum absolute atomic E-state index is 0.250. The Kier molecular flexibility index (Phi) is 6.43. The van der Waals surface area contributed by atoms with Gasteiger partial charge in [0.2, 0.25) is 0 Å². The summed E-state index contributed by atoms with van der Waals surface area (Å²) < 4.78 is 11.9. The quantitative estimate of drug-likeness (QED) is 0.335. The molecule has 0 aliphatic heterocycles. The van der Waals surface area contributed by atoms with Crippen molar-refractivity contribution in [3.63, 3.8) is 0 Å². The summed E-state index contributed by atoms with van der Waals surface area (Å²) in [6.45, 7) is 0.546. The third-order valence-electron chi connectivity index (χ3n) is 4.91. The van der Waals surface area contributed by atoms with E-state index in [1.165, 1.54) is 0 Å². The zero-order valence-corrected chi connectivity index (χ0v) is 17.0. The summed E-state index contributed by atoms with van der Waals surface area (Å²) in [6, 6.07) is 26.5. The molecule has 31 heavy (non-hydrogen) atoms. The van der Waals surface area contributed by atoms with Crippen molar-refractivity contribution in [2.75, 3.05) is 6.61 Å². The molecule has 3 aromatic carbocycles. The number of aromatic nitrogens is 1. The van der Waals surface area contributed by atoms with Gasteiger partial charge in [0, 0.05) is 17.5 Å². The Hall–Kier alpha value is -3.86. The molecule has 0 amide bonds. The maximum absolute atomic E-state index is 10.9. The maximum Gasteiger partial charge on any atom is 0.335 e. The van der Waals surface area contributed by atoms with Crippen molar-refractivity contribution < 1.29 is 19.1 Å². The minimum atomic E-state index is -0.942. The van der Waals surface area contributed by atoms with E-state index in [0.717, 1.165) is 35.4 Å². The second kappa shape index (κ2) is 9.76. The van der Waals surface area contributed by atoms with Crippen LogP contribution in [0.5, 0.6) is 5.75 Å². The lowest BCUT2D eigenvalue weighted by Crippen LogP contribution is -2.00. The number of nitrogens with zero attached hydrogens (tertiary/aromatic N) is 1. The summed E-state index contributed by atoms with van der Waals surface area (Å²) in [5.74, 6) is 1.22. The molecule has 0 unspecified atom stereocenters. The van der Waals surface area contributed by atoms with Crippen LogP contribution < -0.4 is 4.74 Å². The van der Waals surface area contributed by atoms with Crippen molar-refractivity contribution in [1.82, 2.24) is 4.98 Å². The Morgan fingerprint density at radius 2 is 1.48 bits per heavy atom. The Morgan fingerprint density at radius 3 is 2.13 bits per heavy atom. The molecule has 4 rings (SSSR count). The highest BCUT2D eigenvalue weighted by atomic mass is 16.5. The number of oxazole rings is 1. The van der Waals surface area contributed by atoms with Crippen molar-refractivity contribution in [3.05, 3.63) is 96.4 Å². The van der Waals surface area contributed by atoms with Gasteiger partial charge in [-0.3, -0.25) is 0 Å². The van der Waals surface area contributed by atoms with Crippen LogP contribution in [0.15, 0.2) is 89.3 Å². The van der Waals surface area contributed by atoms with Gasteiger partial charge in [0.05, 0.1) is 12.2 Å². The highest BCUT2D eigenvalue weighted by molar-refractivity contribution is 5.87. The molecule has 0 saturated carbocycles. The van der Waals surface area contributed by atoms with Crippen LogP contribution >= 0.6 is 0 Å². The van der Waals surface area contributed by atoms with E-state index in [2.05, 4.69) is 0 Å². The van der Waals surface area contributed by atoms with E-state index in [0.29, 0.717) is 24.7 Å². The first-order valence-corrected chi connectivity index (χ1v) is 10.3. The lowest BCUT2D eigenvalue weighted by atomic mass is 10.1. The average molecular weight is 413 g/mol.